The molecule has 0 unspecified atom stereocenters. The van der Waals surface area contributed by atoms with E-state index in [0.29, 0.717) is 12.8 Å². The average molecular weight is 274 g/mol. The number of amides is 3. The van der Waals surface area contributed by atoms with Crippen LogP contribution in [0.1, 0.15) is 32.1 Å². The van der Waals surface area contributed by atoms with Gasteiger partial charge in [-0.1, -0.05) is 25.2 Å². The van der Waals surface area contributed by atoms with Gasteiger partial charge in [-0.05, 0) is 12.8 Å². The summed E-state index contributed by atoms with van der Waals surface area (Å²) in [4.78, 5) is 36.9. The van der Waals surface area contributed by atoms with Crippen LogP contribution in [0.2, 0.25) is 0 Å². The number of hydrogen-bond donors (Lipinski definition) is 1. The molecule has 0 aromatic carbocycles. The number of rotatable bonds is 4. The Labute approximate surface area is 118 Å². The van der Waals surface area contributed by atoms with Crippen molar-refractivity contribution in [2.24, 2.45) is 5.41 Å². The summed E-state index contributed by atoms with van der Waals surface area (Å²) in [5.74, 6) is 1.54. The van der Waals surface area contributed by atoms with E-state index in [1.165, 1.54) is 12.2 Å². The molecular formula is C15H18N2O3. The minimum Gasteiger partial charge on any atom is -0.345 e. The average Bonchev–Trinajstić information content (AvgIpc) is 2.77. The normalized spacial score (nSPS) is 20.9. The van der Waals surface area contributed by atoms with Crippen LogP contribution in [0.5, 0.6) is 0 Å². The first kappa shape index (κ1) is 14.3. The Morgan fingerprint density at radius 2 is 1.85 bits per heavy atom. The van der Waals surface area contributed by atoms with Crippen molar-refractivity contribution in [3.8, 4) is 12.3 Å². The van der Waals surface area contributed by atoms with Gasteiger partial charge in [-0.3, -0.25) is 19.3 Å². The minimum atomic E-state index is -0.688. The third-order valence-electron chi connectivity index (χ3n) is 4.00. The van der Waals surface area contributed by atoms with Gasteiger partial charge in [-0.2, -0.15) is 0 Å². The smallest absolute Gasteiger partial charge is 0.253 e. The zero-order valence-corrected chi connectivity index (χ0v) is 11.4. The molecule has 0 aromatic rings. The van der Waals surface area contributed by atoms with Gasteiger partial charge in [0.1, 0.15) is 0 Å². The number of terminal acetylenes is 1. The molecule has 2 rings (SSSR count). The summed E-state index contributed by atoms with van der Waals surface area (Å²) in [6.07, 6.45) is 11.9. The van der Waals surface area contributed by atoms with Crippen molar-refractivity contribution in [2.75, 3.05) is 13.1 Å². The van der Waals surface area contributed by atoms with Gasteiger partial charge in [0.15, 0.2) is 0 Å². The molecule has 2 aliphatic rings. The zero-order valence-electron chi connectivity index (χ0n) is 11.4. The van der Waals surface area contributed by atoms with Crippen LogP contribution >= 0.6 is 0 Å². The van der Waals surface area contributed by atoms with Gasteiger partial charge in [-0.25, -0.2) is 0 Å². The second-order valence-electron chi connectivity index (χ2n) is 5.32. The summed E-state index contributed by atoms with van der Waals surface area (Å²) in [7, 11) is 0. The molecule has 5 nitrogen and oxygen atoms in total. The number of nitrogens with zero attached hydrogens (tertiary/aromatic N) is 1. The number of carbonyl (C=O) groups excluding carboxylic acids is 3. The quantitative estimate of drug-likeness (QED) is 0.603. The van der Waals surface area contributed by atoms with Crippen LogP contribution in [-0.2, 0) is 14.4 Å². The van der Waals surface area contributed by atoms with Gasteiger partial charge in [-0.15, -0.1) is 6.42 Å². The maximum Gasteiger partial charge on any atom is 0.253 e. The Kier molecular flexibility index (Phi) is 4.23. The van der Waals surface area contributed by atoms with Crippen molar-refractivity contribution in [3.63, 3.8) is 0 Å². The molecule has 0 saturated heterocycles. The molecule has 3 amide bonds. The van der Waals surface area contributed by atoms with E-state index in [4.69, 9.17) is 6.42 Å². The predicted octanol–water partition coefficient (Wildman–Crippen LogP) is 0.611. The van der Waals surface area contributed by atoms with E-state index in [9.17, 15) is 14.4 Å². The van der Waals surface area contributed by atoms with Gasteiger partial charge >= 0.3 is 0 Å². The first-order chi connectivity index (χ1) is 9.59. The fourth-order valence-corrected chi connectivity index (χ4v) is 2.89. The maximum absolute atomic E-state index is 12.4. The molecule has 20 heavy (non-hydrogen) atoms. The summed E-state index contributed by atoms with van der Waals surface area (Å²) in [5.41, 5.74) is -0.688. The lowest BCUT2D eigenvalue weighted by atomic mass is 9.73. The highest BCUT2D eigenvalue weighted by atomic mass is 16.2. The highest BCUT2D eigenvalue weighted by Crippen LogP contribution is 2.38. The molecule has 1 heterocycles. The molecule has 0 spiro atoms. The van der Waals surface area contributed by atoms with Gasteiger partial charge in [0.25, 0.3) is 11.8 Å². The Morgan fingerprint density at radius 1 is 1.25 bits per heavy atom. The summed E-state index contributed by atoms with van der Waals surface area (Å²) in [5, 5.41) is 2.70. The van der Waals surface area contributed by atoms with Crippen molar-refractivity contribution in [2.45, 2.75) is 32.1 Å². The molecule has 5 heteroatoms. The predicted molar refractivity (Wildman–Crippen MR) is 73.2 cm³/mol. The van der Waals surface area contributed by atoms with E-state index in [1.54, 1.807) is 0 Å². The minimum absolute atomic E-state index is 0.147. The molecule has 0 radical (unpaired) electrons. The Hall–Kier alpha value is -2.09. The Balaban J connectivity index is 2.15. The first-order valence-electron chi connectivity index (χ1n) is 6.84. The maximum atomic E-state index is 12.4. The van der Waals surface area contributed by atoms with Crippen LogP contribution in [0, 0.1) is 17.8 Å². The lowest BCUT2D eigenvalue weighted by Gasteiger charge is -2.37. The molecule has 1 fully saturated rings. The van der Waals surface area contributed by atoms with Crippen LogP contribution < -0.4 is 5.32 Å². The monoisotopic (exact) mass is 274 g/mol. The lowest BCUT2D eigenvalue weighted by Crippen LogP contribution is -2.51. The summed E-state index contributed by atoms with van der Waals surface area (Å²) in [6.45, 7) is 0.314. The van der Waals surface area contributed by atoms with E-state index >= 15 is 0 Å². The molecule has 1 saturated carbocycles. The highest BCUT2D eigenvalue weighted by molar-refractivity contribution is 6.13. The first-order valence-corrected chi connectivity index (χ1v) is 6.84. The van der Waals surface area contributed by atoms with Crippen LogP contribution in [0.4, 0.5) is 0 Å². The summed E-state index contributed by atoms with van der Waals surface area (Å²) in [6, 6.07) is 0. The zero-order chi connectivity index (χ0) is 14.6. The van der Waals surface area contributed by atoms with Crippen molar-refractivity contribution in [1.82, 2.24) is 10.2 Å². The lowest BCUT2D eigenvalue weighted by molar-refractivity contribution is -0.143. The van der Waals surface area contributed by atoms with Crippen LogP contribution in [0.25, 0.3) is 0 Å². The number of hydrogen-bond acceptors (Lipinski definition) is 3. The number of nitrogens with one attached hydrogen (secondary N) is 1. The van der Waals surface area contributed by atoms with Gasteiger partial charge in [0, 0.05) is 18.7 Å². The summed E-state index contributed by atoms with van der Waals surface area (Å²) < 4.78 is 0. The second-order valence-corrected chi connectivity index (χ2v) is 5.32. The van der Waals surface area contributed by atoms with Crippen LogP contribution in [0.15, 0.2) is 12.2 Å². The third-order valence-corrected chi connectivity index (χ3v) is 4.00. The Bertz CT molecular complexity index is 478. The van der Waals surface area contributed by atoms with Crippen molar-refractivity contribution >= 4 is 17.7 Å². The topological polar surface area (TPSA) is 66.5 Å². The second kappa shape index (κ2) is 5.91. The summed E-state index contributed by atoms with van der Waals surface area (Å²) >= 11 is 0. The fraction of sp³-hybridized carbons (Fsp3) is 0.533. The van der Waals surface area contributed by atoms with E-state index < -0.39 is 5.41 Å². The van der Waals surface area contributed by atoms with E-state index in [0.717, 1.165) is 24.2 Å². The van der Waals surface area contributed by atoms with Gasteiger partial charge in [0.05, 0.1) is 12.0 Å². The number of carbonyl (C=O) groups is 3. The van der Waals surface area contributed by atoms with Crippen LogP contribution in [0.3, 0.4) is 0 Å². The molecule has 0 aromatic heterocycles. The van der Waals surface area contributed by atoms with Gasteiger partial charge < -0.3 is 5.32 Å². The standard InChI is InChI=1S/C15H18N2O3/c1-2-10-16-14(20)15(8-4-3-5-9-15)11-17-12(18)6-7-13(17)19/h1,6-7H,3-5,8-11H2,(H,16,20). The molecule has 1 N–H and O–H groups in total. The number of imide groups is 1. The third kappa shape index (κ3) is 2.74. The van der Waals surface area contributed by atoms with Crippen molar-refractivity contribution in [1.29, 1.82) is 0 Å². The molecule has 1 aliphatic heterocycles. The molecule has 0 atom stereocenters. The van der Waals surface area contributed by atoms with Crippen LogP contribution in [-0.4, -0.2) is 35.7 Å². The Morgan fingerprint density at radius 3 is 2.40 bits per heavy atom. The van der Waals surface area contributed by atoms with Crippen molar-refractivity contribution < 1.29 is 14.4 Å². The largest absolute Gasteiger partial charge is 0.345 e. The van der Waals surface area contributed by atoms with E-state index in [-0.39, 0.29) is 30.8 Å². The van der Waals surface area contributed by atoms with E-state index in [2.05, 4.69) is 11.2 Å². The van der Waals surface area contributed by atoms with Gasteiger partial charge in [0.2, 0.25) is 5.91 Å². The molecular weight excluding hydrogens is 256 g/mol. The molecule has 0 bridgehead atoms. The SMILES string of the molecule is C#CCNC(=O)C1(CN2C(=O)C=CC2=O)CCCCC1. The molecule has 1 aliphatic carbocycles. The highest BCUT2D eigenvalue weighted by Gasteiger charge is 2.43. The van der Waals surface area contributed by atoms with Crippen molar-refractivity contribution in [3.05, 3.63) is 12.2 Å². The molecule has 106 valence electrons. The van der Waals surface area contributed by atoms with E-state index in [1.807, 2.05) is 0 Å². The fourth-order valence-electron chi connectivity index (χ4n) is 2.89.